The number of thiophene rings is 1. The van der Waals surface area contributed by atoms with Crippen LogP contribution in [0.4, 0.5) is 0 Å². The summed E-state index contributed by atoms with van der Waals surface area (Å²) < 4.78 is 0. The molecule has 1 saturated heterocycles. The fourth-order valence-electron chi connectivity index (χ4n) is 2.55. The molecule has 1 amide bonds. The van der Waals surface area contributed by atoms with Crippen molar-refractivity contribution in [3.8, 4) is 11.8 Å². The summed E-state index contributed by atoms with van der Waals surface area (Å²) in [5.41, 5.74) is 5.98. The van der Waals surface area contributed by atoms with E-state index in [1.54, 1.807) is 11.0 Å². The molecule has 1 fully saturated rings. The highest BCUT2D eigenvalue weighted by Crippen LogP contribution is 2.23. The molecule has 6 heteroatoms. The first-order valence-corrected chi connectivity index (χ1v) is 7.80. The molecule has 0 aromatic carbocycles. The number of rotatable bonds is 3. The molecule has 0 aliphatic carbocycles. The molecule has 2 atom stereocenters. The molecule has 1 aromatic heterocycles. The van der Waals surface area contributed by atoms with Gasteiger partial charge in [-0.2, -0.15) is 0 Å². The predicted octanol–water partition coefficient (Wildman–Crippen LogP) is 0.195. The summed E-state index contributed by atoms with van der Waals surface area (Å²) in [6, 6.07) is 1.86. The summed E-state index contributed by atoms with van der Waals surface area (Å²) in [5, 5.41) is 11.7. The molecule has 1 aliphatic rings. The first kappa shape index (κ1) is 16.0. The average molecular weight is 307 g/mol. The van der Waals surface area contributed by atoms with Crippen LogP contribution in [0.15, 0.2) is 11.4 Å². The molecule has 2 rings (SSSR count). The summed E-state index contributed by atoms with van der Waals surface area (Å²) in [4.78, 5) is 17.2. The third-order valence-corrected chi connectivity index (χ3v) is 4.23. The number of β-amino-alcohol motifs (C(OH)–C–C–N with tert-alkyl or cyclic N) is 1. The molecule has 1 aliphatic heterocycles. The topological polar surface area (TPSA) is 69.8 Å². The number of amides is 1. The van der Waals surface area contributed by atoms with Crippen LogP contribution < -0.4 is 5.73 Å². The zero-order chi connectivity index (χ0) is 15.4. The van der Waals surface area contributed by atoms with E-state index in [0.29, 0.717) is 25.1 Å². The number of nitrogens with zero attached hydrogens (tertiary/aromatic N) is 2. The van der Waals surface area contributed by atoms with Gasteiger partial charge in [-0.05, 0) is 26.6 Å². The third kappa shape index (κ3) is 4.05. The first-order valence-electron chi connectivity index (χ1n) is 6.92. The lowest BCUT2D eigenvalue weighted by Gasteiger charge is -2.26. The molecular formula is C15H21N3O2S. The molecule has 5 nitrogen and oxygen atoms in total. The molecule has 2 heterocycles. The Morgan fingerprint density at radius 2 is 2.38 bits per heavy atom. The maximum atomic E-state index is 12.6. The standard InChI is InChI=1S/C15H21N3O2S/c1-17(2)8-12-7-13(19)9-18(12)15(20)11-6-14(21-10-11)4-3-5-16/h6,10,12-13,19H,5,7-9,16H2,1-2H3. The Kier molecular flexibility index (Phi) is 5.37. The van der Waals surface area contributed by atoms with Gasteiger partial charge in [0.15, 0.2) is 0 Å². The van der Waals surface area contributed by atoms with E-state index in [-0.39, 0.29) is 11.9 Å². The number of likely N-dealkylation sites (N-methyl/N-ethyl adjacent to an activating group) is 1. The third-order valence-electron chi connectivity index (χ3n) is 3.39. The van der Waals surface area contributed by atoms with Crippen LogP contribution in [0.5, 0.6) is 0 Å². The van der Waals surface area contributed by atoms with Crippen molar-refractivity contribution in [1.29, 1.82) is 0 Å². The van der Waals surface area contributed by atoms with Crippen LogP contribution in [-0.4, -0.2) is 66.7 Å². The number of hydrogen-bond donors (Lipinski definition) is 2. The number of aliphatic hydroxyl groups excluding tert-OH is 1. The van der Waals surface area contributed by atoms with Gasteiger partial charge in [0.1, 0.15) is 0 Å². The SMILES string of the molecule is CN(C)CC1CC(O)CN1C(=O)c1csc(C#CCN)c1. The maximum Gasteiger partial charge on any atom is 0.255 e. The Hall–Kier alpha value is -1.39. The highest BCUT2D eigenvalue weighted by molar-refractivity contribution is 7.10. The zero-order valence-corrected chi connectivity index (χ0v) is 13.2. The molecule has 0 bridgehead atoms. The van der Waals surface area contributed by atoms with E-state index in [0.717, 1.165) is 11.4 Å². The van der Waals surface area contributed by atoms with Crippen molar-refractivity contribution in [2.75, 3.05) is 33.7 Å². The van der Waals surface area contributed by atoms with Gasteiger partial charge in [0.05, 0.1) is 23.1 Å². The second kappa shape index (κ2) is 7.05. The van der Waals surface area contributed by atoms with Gasteiger partial charge in [-0.15, -0.1) is 11.3 Å². The van der Waals surface area contributed by atoms with Gasteiger partial charge >= 0.3 is 0 Å². The lowest BCUT2D eigenvalue weighted by Crippen LogP contribution is -2.41. The van der Waals surface area contributed by atoms with Crippen molar-refractivity contribution in [2.24, 2.45) is 5.73 Å². The Labute approximate surface area is 129 Å². The molecule has 1 aromatic rings. The molecule has 0 saturated carbocycles. The van der Waals surface area contributed by atoms with Crippen LogP contribution >= 0.6 is 11.3 Å². The Balaban J connectivity index is 2.12. The fourth-order valence-corrected chi connectivity index (χ4v) is 3.30. The molecular weight excluding hydrogens is 286 g/mol. The van der Waals surface area contributed by atoms with Crippen molar-refractivity contribution in [2.45, 2.75) is 18.6 Å². The van der Waals surface area contributed by atoms with Gasteiger partial charge in [0.2, 0.25) is 0 Å². The van der Waals surface area contributed by atoms with Crippen LogP contribution in [0.3, 0.4) is 0 Å². The van der Waals surface area contributed by atoms with Crippen LogP contribution in [0.1, 0.15) is 21.7 Å². The smallest absolute Gasteiger partial charge is 0.255 e. The number of likely N-dealkylation sites (tertiary alicyclic amines) is 1. The van der Waals surface area contributed by atoms with Gasteiger partial charge in [-0.25, -0.2) is 0 Å². The van der Waals surface area contributed by atoms with Gasteiger partial charge in [-0.3, -0.25) is 4.79 Å². The second-order valence-corrected chi connectivity index (χ2v) is 6.38. The number of nitrogens with two attached hydrogens (primary N) is 1. The first-order chi connectivity index (χ1) is 10.0. The quantitative estimate of drug-likeness (QED) is 0.783. The van der Waals surface area contributed by atoms with E-state index in [1.807, 2.05) is 24.4 Å². The Morgan fingerprint density at radius 1 is 1.62 bits per heavy atom. The highest BCUT2D eigenvalue weighted by Gasteiger charge is 2.35. The monoisotopic (exact) mass is 307 g/mol. The van der Waals surface area contributed by atoms with Crippen molar-refractivity contribution >= 4 is 17.2 Å². The van der Waals surface area contributed by atoms with Gasteiger partial charge in [0.25, 0.3) is 5.91 Å². The van der Waals surface area contributed by atoms with E-state index in [1.165, 1.54) is 11.3 Å². The van der Waals surface area contributed by atoms with E-state index in [2.05, 4.69) is 11.8 Å². The van der Waals surface area contributed by atoms with Gasteiger partial charge in [-0.1, -0.05) is 11.8 Å². The van der Waals surface area contributed by atoms with Gasteiger partial charge < -0.3 is 20.6 Å². The normalized spacial score (nSPS) is 21.5. The molecule has 0 spiro atoms. The molecule has 2 unspecified atom stereocenters. The fraction of sp³-hybridized carbons (Fsp3) is 0.533. The van der Waals surface area contributed by atoms with Crippen LogP contribution in [-0.2, 0) is 0 Å². The van der Waals surface area contributed by atoms with Crippen molar-refractivity contribution in [3.63, 3.8) is 0 Å². The molecule has 0 radical (unpaired) electrons. The van der Waals surface area contributed by atoms with Crippen molar-refractivity contribution < 1.29 is 9.90 Å². The van der Waals surface area contributed by atoms with Crippen molar-refractivity contribution in [3.05, 3.63) is 21.9 Å². The van der Waals surface area contributed by atoms with E-state index in [4.69, 9.17) is 5.73 Å². The highest BCUT2D eigenvalue weighted by atomic mass is 32.1. The zero-order valence-electron chi connectivity index (χ0n) is 12.4. The summed E-state index contributed by atoms with van der Waals surface area (Å²) >= 11 is 1.44. The summed E-state index contributed by atoms with van der Waals surface area (Å²) in [5.74, 6) is 5.69. The number of hydrogen-bond acceptors (Lipinski definition) is 5. The van der Waals surface area contributed by atoms with Crippen LogP contribution in [0.25, 0.3) is 0 Å². The Bertz CT molecular complexity index is 559. The van der Waals surface area contributed by atoms with Gasteiger partial charge in [0, 0.05) is 24.5 Å². The number of carbonyl (C=O) groups excluding carboxylic acids is 1. The van der Waals surface area contributed by atoms with E-state index < -0.39 is 6.10 Å². The minimum Gasteiger partial charge on any atom is -0.391 e. The lowest BCUT2D eigenvalue weighted by atomic mass is 10.2. The molecule has 114 valence electrons. The molecule has 21 heavy (non-hydrogen) atoms. The Morgan fingerprint density at radius 3 is 3.05 bits per heavy atom. The minimum absolute atomic E-state index is 0.0320. The summed E-state index contributed by atoms with van der Waals surface area (Å²) in [7, 11) is 3.94. The van der Waals surface area contributed by atoms with Crippen molar-refractivity contribution in [1.82, 2.24) is 9.80 Å². The summed E-state index contributed by atoms with van der Waals surface area (Å²) in [6.07, 6.45) is 0.197. The van der Waals surface area contributed by atoms with Crippen LogP contribution in [0.2, 0.25) is 0 Å². The number of carbonyl (C=O) groups is 1. The summed E-state index contributed by atoms with van der Waals surface area (Å²) in [6.45, 7) is 1.47. The predicted molar refractivity (Wildman–Crippen MR) is 84.3 cm³/mol. The lowest BCUT2D eigenvalue weighted by molar-refractivity contribution is 0.0699. The van der Waals surface area contributed by atoms with E-state index in [9.17, 15) is 9.90 Å². The largest absolute Gasteiger partial charge is 0.391 e. The maximum absolute atomic E-state index is 12.6. The van der Waals surface area contributed by atoms with Crippen LogP contribution in [0, 0.1) is 11.8 Å². The number of aliphatic hydroxyl groups is 1. The molecule has 3 N–H and O–H groups in total. The minimum atomic E-state index is -0.436. The van der Waals surface area contributed by atoms with E-state index >= 15 is 0 Å². The average Bonchev–Trinajstić information content (AvgIpc) is 3.02. The second-order valence-electron chi connectivity index (χ2n) is 5.47.